The molecule has 0 bridgehead atoms. The predicted molar refractivity (Wildman–Crippen MR) is 84.0 cm³/mol. The van der Waals surface area contributed by atoms with Crippen molar-refractivity contribution in [3.63, 3.8) is 0 Å². The van der Waals surface area contributed by atoms with Gasteiger partial charge >= 0.3 is 0 Å². The summed E-state index contributed by atoms with van der Waals surface area (Å²) in [5, 5.41) is 2.07. The lowest BCUT2D eigenvalue weighted by molar-refractivity contribution is 0.268. The Hall–Kier alpha value is -1.65. The zero-order valence-electron chi connectivity index (χ0n) is 11.9. The van der Waals surface area contributed by atoms with E-state index >= 15 is 0 Å². The molecule has 0 unspecified atom stereocenters. The number of aromatic nitrogens is 2. The molecule has 0 saturated carbocycles. The first-order valence-electron chi connectivity index (χ1n) is 6.94. The molecule has 3 nitrogen and oxygen atoms in total. The van der Waals surface area contributed by atoms with Crippen LogP contribution in [-0.2, 0) is 13.1 Å². The molecule has 0 N–H and O–H groups in total. The fraction of sp³-hybridized carbons (Fsp3) is 0.312. The first-order chi connectivity index (χ1) is 9.76. The summed E-state index contributed by atoms with van der Waals surface area (Å²) in [7, 11) is 0. The van der Waals surface area contributed by atoms with Gasteiger partial charge in [0.15, 0.2) is 4.96 Å². The van der Waals surface area contributed by atoms with E-state index in [4.69, 9.17) is 0 Å². The molecule has 0 saturated heterocycles. The van der Waals surface area contributed by atoms with Gasteiger partial charge in [-0.2, -0.15) is 0 Å². The van der Waals surface area contributed by atoms with E-state index in [1.165, 1.54) is 11.1 Å². The van der Waals surface area contributed by atoms with E-state index in [0.29, 0.717) is 0 Å². The molecule has 0 aliphatic carbocycles. The van der Waals surface area contributed by atoms with Gasteiger partial charge in [0.2, 0.25) is 0 Å². The molecule has 0 aliphatic heterocycles. The maximum atomic E-state index is 4.66. The van der Waals surface area contributed by atoms with Gasteiger partial charge in [0.05, 0.1) is 5.69 Å². The minimum absolute atomic E-state index is 0.902. The molecule has 0 amide bonds. The lowest BCUT2D eigenvalue weighted by Gasteiger charge is -2.20. The number of hydrogen-bond acceptors (Lipinski definition) is 3. The van der Waals surface area contributed by atoms with Crippen molar-refractivity contribution in [1.29, 1.82) is 0 Å². The number of benzene rings is 1. The fourth-order valence-corrected chi connectivity index (χ4v) is 3.11. The number of nitrogens with zero attached hydrogens (tertiary/aromatic N) is 3. The molecule has 4 heteroatoms. The van der Waals surface area contributed by atoms with Crippen LogP contribution in [0.2, 0.25) is 0 Å². The van der Waals surface area contributed by atoms with E-state index in [-0.39, 0.29) is 0 Å². The highest BCUT2D eigenvalue weighted by atomic mass is 32.1. The fourth-order valence-electron chi connectivity index (χ4n) is 2.39. The smallest absolute Gasteiger partial charge is 0.193 e. The van der Waals surface area contributed by atoms with Gasteiger partial charge < -0.3 is 0 Å². The molecular weight excluding hydrogens is 266 g/mol. The van der Waals surface area contributed by atoms with E-state index in [0.717, 1.165) is 30.3 Å². The van der Waals surface area contributed by atoms with Gasteiger partial charge in [-0.15, -0.1) is 11.3 Å². The summed E-state index contributed by atoms with van der Waals surface area (Å²) >= 11 is 1.68. The molecule has 2 heterocycles. The number of fused-ring (bicyclic) bond motifs is 1. The lowest BCUT2D eigenvalue weighted by atomic mass is 10.1. The third kappa shape index (κ3) is 2.76. The number of aryl methyl sites for hydroxylation is 1. The molecule has 20 heavy (non-hydrogen) atoms. The van der Waals surface area contributed by atoms with Crippen molar-refractivity contribution in [2.75, 3.05) is 6.54 Å². The van der Waals surface area contributed by atoms with Crippen molar-refractivity contribution in [2.24, 2.45) is 0 Å². The Bertz CT molecular complexity index is 670. The van der Waals surface area contributed by atoms with Gasteiger partial charge in [-0.05, 0) is 24.6 Å². The van der Waals surface area contributed by atoms with Crippen molar-refractivity contribution in [3.8, 4) is 0 Å². The minimum atomic E-state index is 0.902. The lowest BCUT2D eigenvalue weighted by Crippen LogP contribution is -2.22. The predicted octanol–water partition coefficient (Wildman–Crippen LogP) is 3.73. The second-order valence-corrected chi connectivity index (χ2v) is 5.93. The highest BCUT2D eigenvalue weighted by molar-refractivity contribution is 7.15. The first kappa shape index (κ1) is 13.3. The monoisotopic (exact) mass is 285 g/mol. The van der Waals surface area contributed by atoms with Gasteiger partial charge in [0, 0.05) is 30.9 Å². The number of imidazole rings is 1. The maximum Gasteiger partial charge on any atom is 0.193 e. The van der Waals surface area contributed by atoms with Crippen molar-refractivity contribution >= 4 is 16.3 Å². The van der Waals surface area contributed by atoms with E-state index < -0.39 is 0 Å². The normalized spacial score (nSPS) is 11.6. The van der Waals surface area contributed by atoms with Gasteiger partial charge in [0.25, 0.3) is 0 Å². The van der Waals surface area contributed by atoms with Crippen LogP contribution >= 0.6 is 11.3 Å². The Morgan fingerprint density at radius 2 is 2.10 bits per heavy atom. The summed E-state index contributed by atoms with van der Waals surface area (Å²) in [6.07, 6.45) is 4.19. The Balaban J connectivity index is 1.74. The number of hydrogen-bond donors (Lipinski definition) is 0. The van der Waals surface area contributed by atoms with Crippen LogP contribution in [0.25, 0.3) is 4.96 Å². The van der Waals surface area contributed by atoms with Crippen LogP contribution in [0.5, 0.6) is 0 Å². The standard InChI is InChI=1S/C16H19N3S/c1-3-18(10-14-7-5-4-6-13(14)2)11-15-12-19-8-9-20-16(19)17-15/h4-9,12H,3,10-11H2,1-2H3. The topological polar surface area (TPSA) is 20.5 Å². The highest BCUT2D eigenvalue weighted by Crippen LogP contribution is 2.15. The summed E-state index contributed by atoms with van der Waals surface area (Å²) in [5.74, 6) is 0. The van der Waals surface area contributed by atoms with Crippen molar-refractivity contribution in [1.82, 2.24) is 14.3 Å². The molecule has 0 radical (unpaired) electrons. The molecule has 2 aromatic heterocycles. The van der Waals surface area contributed by atoms with E-state index in [9.17, 15) is 0 Å². The summed E-state index contributed by atoms with van der Waals surface area (Å²) in [6, 6.07) is 8.60. The molecule has 0 aliphatic rings. The molecule has 0 fully saturated rings. The Labute approximate surface area is 123 Å². The summed E-state index contributed by atoms with van der Waals surface area (Å²) in [5.41, 5.74) is 3.90. The molecule has 1 aromatic carbocycles. The van der Waals surface area contributed by atoms with Crippen LogP contribution in [-0.4, -0.2) is 20.8 Å². The highest BCUT2D eigenvalue weighted by Gasteiger charge is 2.09. The molecule has 0 atom stereocenters. The van der Waals surface area contributed by atoms with Crippen molar-refractivity contribution in [2.45, 2.75) is 26.9 Å². The van der Waals surface area contributed by atoms with Gasteiger partial charge in [0.1, 0.15) is 0 Å². The third-order valence-corrected chi connectivity index (χ3v) is 4.40. The summed E-state index contributed by atoms with van der Waals surface area (Å²) < 4.78 is 2.10. The average molecular weight is 285 g/mol. The Morgan fingerprint density at radius 3 is 2.85 bits per heavy atom. The van der Waals surface area contributed by atoms with Crippen LogP contribution in [0.15, 0.2) is 42.0 Å². The quantitative estimate of drug-likeness (QED) is 0.712. The summed E-state index contributed by atoms with van der Waals surface area (Å²) in [4.78, 5) is 8.17. The summed E-state index contributed by atoms with van der Waals surface area (Å²) in [6.45, 7) is 7.29. The van der Waals surface area contributed by atoms with Crippen molar-refractivity contribution in [3.05, 3.63) is 58.9 Å². The van der Waals surface area contributed by atoms with Gasteiger partial charge in [-0.3, -0.25) is 9.30 Å². The van der Waals surface area contributed by atoms with E-state index in [1.54, 1.807) is 11.3 Å². The van der Waals surface area contributed by atoms with Crippen LogP contribution in [0.1, 0.15) is 23.7 Å². The van der Waals surface area contributed by atoms with E-state index in [2.05, 4.69) is 70.2 Å². The number of rotatable bonds is 5. The zero-order valence-corrected chi connectivity index (χ0v) is 12.7. The molecule has 0 spiro atoms. The van der Waals surface area contributed by atoms with Gasteiger partial charge in [-0.1, -0.05) is 31.2 Å². The Kier molecular flexibility index (Phi) is 3.85. The molecule has 3 rings (SSSR count). The first-order valence-corrected chi connectivity index (χ1v) is 7.82. The second kappa shape index (κ2) is 5.77. The Morgan fingerprint density at radius 1 is 1.25 bits per heavy atom. The van der Waals surface area contributed by atoms with Crippen LogP contribution in [0.4, 0.5) is 0 Å². The maximum absolute atomic E-state index is 4.66. The molecule has 104 valence electrons. The van der Waals surface area contributed by atoms with E-state index in [1.807, 2.05) is 0 Å². The third-order valence-electron chi connectivity index (χ3n) is 3.63. The number of thiazole rings is 1. The largest absolute Gasteiger partial charge is 0.297 e. The average Bonchev–Trinajstić information content (AvgIpc) is 3.01. The minimum Gasteiger partial charge on any atom is -0.297 e. The second-order valence-electron chi connectivity index (χ2n) is 5.05. The molecular formula is C16H19N3S. The van der Waals surface area contributed by atoms with Crippen molar-refractivity contribution < 1.29 is 0 Å². The zero-order chi connectivity index (χ0) is 13.9. The van der Waals surface area contributed by atoms with Gasteiger partial charge in [-0.25, -0.2) is 4.98 Å². The molecule has 3 aromatic rings. The van der Waals surface area contributed by atoms with Crippen LogP contribution in [0.3, 0.4) is 0 Å². The van der Waals surface area contributed by atoms with Crippen LogP contribution < -0.4 is 0 Å². The SMILES string of the molecule is CCN(Cc1cn2ccsc2n1)Cc1ccccc1C. The van der Waals surface area contributed by atoms with Crippen LogP contribution in [0, 0.1) is 6.92 Å².